The fourth-order valence-electron chi connectivity index (χ4n) is 2.08. The van der Waals surface area contributed by atoms with Crippen LogP contribution in [0.25, 0.3) is 0 Å². The Labute approximate surface area is 109 Å². The largest absolute Gasteiger partial charge is 0.369 e. The first-order valence-electron chi connectivity index (χ1n) is 6.40. The fraction of sp³-hybridized carbons (Fsp3) is 0.909. The van der Waals surface area contributed by atoms with Crippen molar-refractivity contribution in [2.45, 2.75) is 32.6 Å². The summed E-state index contributed by atoms with van der Waals surface area (Å²) < 4.78 is 27.3. The number of rotatable bonds is 6. The number of nitrogens with zero attached hydrogens (tertiary/aromatic N) is 2. The Morgan fingerprint density at radius 1 is 1.50 bits per heavy atom. The SMILES string of the molecule is CCCCN(C)S(=O)(=O)N1CCC[C@H](C(N)=O)C1. The lowest BCUT2D eigenvalue weighted by atomic mass is 9.99. The van der Waals surface area contributed by atoms with Gasteiger partial charge in [0.05, 0.1) is 5.92 Å². The minimum Gasteiger partial charge on any atom is -0.369 e. The molecule has 0 spiro atoms. The number of hydrogen-bond donors (Lipinski definition) is 1. The molecule has 7 heteroatoms. The first-order chi connectivity index (χ1) is 8.39. The van der Waals surface area contributed by atoms with E-state index in [2.05, 4.69) is 0 Å². The predicted octanol–water partition coefficient (Wildman–Crippen LogP) is 0.160. The Morgan fingerprint density at radius 3 is 2.72 bits per heavy atom. The Balaban J connectivity index is 2.69. The molecule has 0 radical (unpaired) electrons. The molecular formula is C11H23N3O3S. The van der Waals surface area contributed by atoms with Gasteiger partial charge in [-0.2, -0.15) is 17.0 Å². The van der Waals surface area contributed by atoms with Crippen LogP contribution in [0.2, 0.25) is 0 Å². The zero-order chi connectivity index (χ0) is 13.8. The van der Waals surface area contributed by atoms with E-state index in [1.54, 1.807) is 7.05 Å². The minimum atomic E-state index is -3.44. The molecule has 0 aromatic heterocycles. The van der Waals surface area contributed by atoms with E-state index in [0.717, 1.165) is 12.8 Å². The van der Waals surface area contributed by atoms with E-state index in [0.29, 0.717) is 25.9 Å². The second-order valence-electron chi connectivity index (χ2n) is 4.78. The smallest absolute Gasteiger partial charge is 0.281 e. The van der Waals surface area contributed by atoms with Gasteiger partial charge in [-0.3, -0.25) is 4.79 Å². The third kappa shape index (κ3) is 3.66. The molecule has 1 saturated heterocycles. The molecule has 6 nitrogen and oxygen atoms in total. The molecule has 0 aliphatic carbocycles. The molecule has 2 N–H and O–H groups in total. The normalized spacial score (nSPS) is 22.3. The zero-order valence-corrected chi connectivity index (χ0v) is 11.9. The van der Waals surface area contributed by atoms with Crippen molar-refractivity contribution in [2.24, 2.45) is 11.7 Å². The van der Waals surface area contributed by atoms with Crippen LogP contribution < -0.4 is 5.73 Å². The number of hydrogen-bond acceptors (Lipinski definition) is 3. The van der Waals surface area contributed by atoms with Gasteiger partial charge in [-0.15, -0.1) is 0 Å². The first kappa shape index (κ1) is 15.4. The number of carbonyl (C=O) groups is 1. The second kappa shape index (κ2) is 6.49. The Bertz CT molecular complexity index is 383. The summed E-state index contributed by atoms with van der Waals surface area (Å²) in [5, 5.41) is 0. The van der Waals surface area contributed by atoms with Crippen molar-refractivity contribution in [1.29, 1.82) is 0 Å². The van der Waals surface area contributed by atoms with Crippen molar-refractivity contribution in [2.75, 3.05) is 26.7 Å². The zero-order valence-electron chi connectivity index (χ0n) is 11.1. The Morgan fingerprint density at radius 2 is 2.17 bits per heavy atom. The highest BCUT2D eigenvalue weighted by Crippen LogP contribution is 2.20. The quantitative estimate of drug-likeness (QED) is 0.750. The van der Waals surface area contributed by atoms with E-state index in [9.17, 15) is 13.2 Å². The average Bonchev–Trinajstić information content (AvgIpc) is 2.35. The number of piperidine rings is 1. The Hall–Kier alpha value is -0.660. The summed E-state index contributed by atoms with van der Waals surface area (Å²) in [4.78, 5) is 11.2. The molecule has 18 heavy (non-hydrogen) atoms. The van der Waals surface area contributed by atoms with Crippen LogP contribution in [0.3, 0.4) is 0 Å². The maximum atomic E-state index is 12.3. The van der Waals surface area contributed by atoms with Crippen LogP contribution in [0.15, 0.2) is 0 Å². The maximum Gasteiger partial charge on any atom is 0.281 e. The highest BCUT2D eigenvalue weighted by atomic mass is 32.2. The lowest BCUT2D eigenvalue weighted by Crippen LogP contribution is -2.49. The average molecular weight is 277 g/mol. The van der Waals surface area contributed by atoms with E-state index < -0.39 is 16.1 Å². The van der Waals surface area contributed by atoms with Gasteiger partial charge < -0.3 is 5.73 Å². The summed E-state index contributed by atoms with van der Waals surface area (Å²) in [5.41, 5.74) is 5.25. The molecule has 1 fully saturated rings. The molecule has 1 atom stereocenters. The standard InChI is InChI=1S/C11H23N3O3S/c1-3-4-7-13(2)18(16,17)14-8-5-6-10(9-14)11(12)15/h10H,3-9H2,1-2H3,(H2,12,15)/t10-/m0/s1. The van der Waals surface area contributed by atoms with Crippen LogP contribution >= 0.6 is 0 Å². The topological polar surface area (TPSA) is 83.7 Å². The number of unbranched alkanes of at least 4 members (excludes halogenated alkanes) is 1. The van der Waals surface area contributed by atoms with Crippen LogP contribution in [0.1, 0.15) is 32.6 Å². The highest BCUT2D eigenvalue weighted by molar-refractivity contribution is 7.86. The van der Waals surface area contributed by atoms with Crippen molar-refractivity contribution in [3.05, 3.63) is 0 Å². The van der Waals surface area contributed by atoms with Crippen molar-refractivity contribution < 1.29 is 13.2 Å². The molecule has 0 aromatic carbocycles. The number of amides is 1. The monoisotopic (exact) mass is 277 g/mol. The summed E-state index contributed by atoms with van der Waals surface area (Å²) in [5.74, 6) is -0.765. The van der Waals surface area contributed by atoms with Gasteiger partial charge in [0.25, 0.3) is 10.2 Å². The van der Waals surface area contributed by atoms with Crippen LogP contribution in [0.4, 0.5) is 0 Å². The Kier molecular flexibility index (Phi) is 5.55. The molecule has 1 rings (SSSR count). The molecule has 106 valence electrons. The van der Waals surface area contributed by atoms with Crippen LogP contribution in [0, 0.1) is 5.92 Å². The fourth-order valence-corrected chi connectivity index (χ4v) is 3.56. The van der Waals surface area contributed by atoms with Crippen LogP contribution in [-0.2, 0) is 15.0 Å². The molecule has 1 amide bonds. The predicted molar refractivity (Wildman–Crippen MR) is 69.9 cm³/mol. The lowest BCUT2D eigenvalue weighted by molar-refractivity contribution is -0.122. The number of primary amides is 1. The van der Waals surface area contributed by atoms with Crippen molar-refractivity contribution in [3.63, 3.8) is 0 Å². The van der Waals surface area contributed by atoms with Crippen molar-refractivity contribution in [3.8, 4) is 0 Å². The summed E-state index contributed by atoms with van der Waals surface area (Å²) in [6, 6.07) is 0. The van der Waals surface area contributed by atoms with Gasteiger partial charge >= 0.3 is 0 Å². The second-order valence-corrected chi connectivity index (χ2v) is 6.82. The third-order valence-electron chi connectivity index (χ3n) is 3.33. The van der Waals surface area contributed by atoms with Crippen molar-refractivity contribution >= 4 is 16.1 Å². The third-order valence-corrected chi connectivity index (χ3v) is 5.29. The molecule has 0 aromatic rings. The number of carbonyl (C=O) groups excluding carboxylic acids is 1. The molecule has 0 saturated carbocycles. The summed E-state index contributed by atoms with van der Waals surface area (Å²) >= 11 is 0. The van der Waals surface area contributed by atoms with Crippen molar-refractivity contribution in [1.82, 2.24) is 8.61 Å². The van der Waals surface area contributed by atoms with Crippen LogP contribution in [0.5, 0.6) is 0 Å². The maximum absolute atomic E-state index is 12.3. The number of nitrogens with two attached hydrogens (primary N) is 1. The van der Waals surface area contributed by atoms with Gasteiger partial charge in [-0.1, -0.05) is 13.3 Å². The van der Waals surface area contributed by atoms with E-state index in [-0.39, 0.29) is 12.5 Å². The molecule has 1 aliphatic heterocycles. The van der Waals surface area contributed by atoms with Crippen LogP contribution in [-0.4, -0.2) is 49.6 Å². The summed E-state index contributed by atoms with van der Waals surface area (Å²) in [6.07, 6.45) is 3.15. The molecule has 0 bridgehead atoms. The summed E-state index contributed by atoms with van der Waals surface area (Å²) in [7, 11) is -1.86. The molecule has 1 aliphatic rings. The van der Waals surface area contributed by atoms with E-state index in [1.165, 1.54) is 8.61 Å². The van der Waals surface area contributed by atoms with E-state index >= 15 is 0 Å². The van der Waals surface area contributed by atoms with E-state index in [1.807, 2.05) is 6.92 Å². The molecule has 0 unspecified atom stereocenters. The van der Waals surface area contributed by atoms with Gasteiger partial charge in [0.15, 0.2) is 0 Å². The first-order valence-corrected chi connectivity index (χ1v) is 7.80. The van der Waals surface area contributed by atoms with Gasteiger partial charge in [0.1, 0.15) is 0 Å². The van der Waals surface area contributed by atoms with Gasteiger partial charge in [-0.25, -0.2) is 0 Å². The lowest BCUT2D eigenvalue weighted by Gasteiger charge is -2.33. The molecular weight excluding hydrogens is 254 g/mol. The molecule has 1 heterocycles. The van der Waals surface area contributed by atoms with E-state index in [4.69, 9.17) is 5.73 Å². The van der Waals surface area contributed by atoms with Gasteiger partial charge in [0, 0.05) is 26.7 Å². The minimum absolute atomic E-state index is 0.216. The van der Waals surface area contributed by atoms with Gasteiger partial charge in [0.2, 0.25) is 5.91 Å². The highest BCUT2D eigenvalue weighted by Gasteiger charge is 2.33. The van der Waals surface area contributed by atoms with Gasteiger partial charge in [-0.05, 0) is 19.3 Å². The summed E-state index contributed by atoms with van der Waals surface area (Å²) in [6.45, 7) is 3.22.